The number of aliphatic hydroxyl groups is 1. The Morgan fingerprint density at radius 1 is 1.40 bits per heavy atom. The zero-order chi connectivity index (χ0) is 14.1. The van der Waals surface area contributed by atoms with Gasteiger partial charge in [-0.2, -0.15) is 14.8 Å². The Morgan fingerprint density at radius 2 is 2.15 bits per heavy atom. The van der Waals surface area contributed by atoms with Gasteiger partial charge in [0.2, 0.25) is 5.95 Å². The number of benzene rings is 1. The minimum Gasteiger partial charge on any atom is -0.369 e. The number of aliphatic hydroxyl groups excluding tert-OH is 1. The third-order valence-electron chi connectivity index (χ3n) is 3.00. The van der Waals surface area contributed by atoms with Gasteiger partial charge in [0.05, 0.1) is 0 Å². The maximum atomic E-state index is 11.4. The Hall–Kier alpha value is -1.77. The van der Waals surface area contributed by atoms with Crippen LogP contribution in [0.4, 0.5) is 5.95 Å². The van der Waals surface area contributed by atoms with Crippen LogP contribution in [0.15, 0.2) is 39.7 Å². The van der Waals surface area contributed by atoms with Gasteiger partial charge in [-0.3, -0.25) is 10.1 Å². The summed E-state index contributed by atoms with van der Waals surface area (Å²) in [6.07, 6.45) is -1.39. The van der Waals surface area contributed by atoms with Crippen molar-refractivity contribution in [3.8, 4) is 0 Å². The predicted octanol–water partition coefficient (Wildman–Crippen LogP) is 0.433. The van der Waals surface area contributed by atoms with Gasteiger partial charge in [0.25, 0.3) is 0 Å². The van der Waals surface area contributed by atoms with Crippen LogP contribution in [-0.4, -0.2) is 26.0 Å². The SMILES string of the molecule is O=c1nc2n(nc1Br)[C@H](O)[C@@H](NCc1ccccc1)N2. The van der Waals surface area contributed by atoms with Gasteiger partial charge < -0.3 is 10.4 Å². The van der Waals surface area contributed by atoms with E-state index in [9.17, 15) is 9.90 Å². The summed E-state index contributed by atoms with van der Waals surface area (Å²) in [6, 6.07) is 9.81. The van der Waals surface area contributed by atoms with Gasteiger partial charge in [-0.1, -0.05) is 30.3 Å². The van der Waals surface area contributed by atoms with Crippen LogP contribution in [0, 0.1) is 0 Å². The Kier molecular flexibility index (Phi) is 3.51. The van der Waals surface area contributed by atoms with Crippen molar-refractivity contribution in [2.24, 2.45) is 0 Å². The smallest absolute Gasteiger partial charge is 0.307 e. The van der Waals surface area contributed by atoms with E-state index >= 15 is 0 Å². The van der Waals surface area contributed by atoms with Crippen molar-refractivity contribution < 1.29 is 5.11 Å². The number of hydrogen-bond donors (Lipinski definition) is 3. The van der Waals surface area contributed by atoms with Gasteiger partial charge >= 0.3 is 5.56 Å². The highest BCUT2D eigenvalue weighted by molar-refractivity contribution is 9.10. The molecule has 0 bridgehead atoms. The Bertz CT molecular complexity index is 675. The molecular formula is C12H12BrN5O2. The van der Waals surface area contributed by atoms with Gasteiger partial charge in [-0.25, -0.2) is 0 Å². The summed E-state index contributed by atoms with van der Waals surface area (Å²) in [5, 5.41) is 20.2. The van der Waals surface area contributed by atoms with Crippen LogP contribution in [0.5, 0.6) is 0 Å². The first-order valence-electron chi connectivity index (χ1n) is 6.03. The number of hydrogen-bond acceptors (Lipinski definition) is 6. The molecule has 0 saturated carbocycles. The topological polar surface area (TPSA) is 92.1 Å². The number of halogens is 1. The highest BCUT2D eigenvalue weighted by Crippen LogP contribution is 2.21. The lowest BCUT2D eigenvalue weighted by Crippen LogP contribution is -2.37. The fourth-order valence-corrected chi connectivity index (χ4v) is 2.26. The largest absolute Gasteiger partial charge is 0.369 e. The number of nitrogens with zero attached hydrogens (tertiary/aromatic N) is 3. The van der Waals surface area contributed by atoms with Gasteiger partial charge in [0.1, 0.15) is 6.17 Å². The molecule has 8 heteroatoms. The van der Waals surface area contributed by atoms with E-state index in [0.717, 1.165) is 5.56 Å². The number of aromatic nitrogens is 3. The van der Waals surface area contributed by atoms with Crippen LogP contribution in [0.1, 0.15) is 11.8 Å². The second-order valence-corrected chi connectivity index (χ2v) is 5.13. The Labute approximate surface area is 122 Å². The van der Waals surface area contributed by atoms with Crippen LogP contribution in [0.2, 0.25) is 0 Å². The second kappa shape index (κ2) is 5.31. The molecule has 1 aromatic carbocycles. The molecule has 1 aromatic heterocycles. The lowest BCUT2D eigenvalue weighted by atomic mass is 10.2. The van der Waals surface area contributed by atoms with Crippen molar-refractivity contribution in [3.63, 3.8) is 0 Å². The molecule has 0 spiro atoms. The van der Waals surface area contributed by atoms with E-state index in [0.29, 0.717) is 6.54 Å². The fraction of sp³-hybridized carbons (Fsp3) is 0.250. The van der Waals surface area contributed by atoms with Crippen molar-refractivity contribution in [3.05, 3.63) is 50.9 Å². The monoisotopic (exact) mass is 337 g/mol. The molecule has 0 fully saturated rings. The van der Waals surface area contributed by atoms with Crippen molar-refractivity contribution in [2.45, 2.75) is 18.9 Å². The van der Waals surface area contributed by atoms with E-state index < -0.39 is 18.0 Å². The summed E-state index contributed by atoms with van der Waals surface area (Å²) in [5.74, 6) is 0.247. The predicted molar refractivity (Wildman–Crippen MR) is 75.9 cm³/mol. The molecule has 1 aliphatic rings. The van der Waals surface area contributed by atoms with Gasteiger partial charge in [0.15, 0.2) is 10.8 Å². The molecule has 0 unspecified atom stereocenters. The highest BCUT2D eigenvalue weighted by atomic mass is 79.9. The van der Waals surface area contributed by atoms with Crippen LogP contribution in [0.3, 0.4) is 0 Å². The van der Waals surface area contributed by atoms with Crippen molar-refractivity contribution in [1.82, 2.24) is 20.1 Å². The summed E-state index contributed by atoms with van der Waals surface area (Å²) < 4.78 is 1.35. The number of nitrogens with one attached hydrogen (secondary N) is 2. The average Bonchev–Trinajstić information content (AvgIpc) is 2.75. The molecule has 1 aliphatic heterocycles. The molecule has 0 aliphatic carbocycles. The summed E-state index contributed by atoms with van der Waals surface area (Å²) in [4.78, 5) is 15.2. The lowest BCUT2D eigenvalue weighted by Gasteiger charge is -2.16. The standard InChI is InChI=1S/C12H12BrN5O2/c13-8-10(19)16-12-15-9(11(20)18(12)17-8)14-6-7-4-2-1-3-5-7/h1-5,9,11,14,20H,6H2,(H,15,16,19)/t9-,11+/m0/s1. The molecule has 0 saturated heterocycles. The molecule has 3 N–H and O–H groups in total. The quantitative estimate of drug-likeness (QED) is 0.752. The maximum Gasteiger partial charge on any atom is 0.307 e. The molecule has 0 radical (unpaired) electrons. The zero-order valence-corrected chi connectivity index (χ0v) is 11.9. The van der Waals surface area contributed by atoms with Gasteiger partial charge in [-0.15, -0.1) is 0 Å². The summed E-state index contributed by atoms with van der Waals surface area (Å²) in [6.45, 7) is 0.579. The zero-order valence-electron chi connectivity index (χ0n) is 10.3. The molecule has 3 rings (SSSR count). The molecule has 7 nitrogen and oxygen atoms in total. The summed E-state index contributed by atoms with van der Waals surface area (Å²) in [5.41, 5.74) is 0.619. The van der Waals surface area contributed by atoms with Crippen LogP contribution in [-0.2, 0) is 6.54 Å². The highest BCUT2D eigenvalue weighted by Gasteiger charge is 2.31. The minimum absolute atomic E-state index is 0.0748. The first-order chi connectivity index (χ1) is 9.65. The number of fused-ring (bicyclic) bond motifs is 1. The maximum absolute atomic E-state index is 11.4. The van der Waals surface area contributed by atoms with E-state index in [2.05, 4.69) is 36.6 Å². The van der Waals surface area contributed by atoms with E-state index in [1.807, 2.05) is 30.3 Å². The third-order valence-corrected chi connectivity index (χ3v) is 3.50. The van der Waals surface area contributed by atoms with E-state index in [4.69, 9.17) is 0 Å². The van der Waals surface area contributed by atoms with E-state index in [1.54, 1.807) is 0 Å². The van der Waals surface area contributed by atoms with Crippen LogP contribution < -0.4 is 16.2 Å². The van der Waals surface area contributed by atoms with Crippen molar-refractivity contribution in [1.29, 1.82) is 0 Å². The average molecular weight is 338 g/mol. The third kappa shape index (κ3) is 2.45. The first kappa shape index (κ1) is 13.2. The number of anilines is 1. The van der Waals surface area contributed by atoms with E-state index in [1.165, 1.54) is 4.68 Å². The molecule has 2 atom stereocenters. The van der Waals surface area contributed by atoms with Crippen molar-refractivity contribution in [2.75, 3.05) is 5.32 Å². The summed E-state index contributed by atoms with van der Waals surface area (Å²) >= 11 is 3.01. The van der Waals surface area contributed by atoms with Gasteiger partial charge in [-0.05, 0) is 21.5 Å². The Balaban J connectivity index is 1.73. The Morgan fingerprint density at radius 3 is 2.90 bits per heavy atom. The van der Waals surface area contributed by atoms with E-state index in [-0.39, 0.29) is 10.6 Å². The second-order valence-electron chi connectivity index (χ2n) is 4.38. The minimum atomic E-state index is -0.932. The van der Waals surface area contributed by atoms with Crippen molar-refractivity contribution >= 4 is 21.9 Å². The van der Waals surface area contributed by atoms with Gasteiger partial charge in [0, 0.05) is 6.54 Å². The molecule has 0 amide bonds. The normalized spacial score (nSPS) is 20.5. The molecule has 2 aromatic rings. The molecule has 20 heavy (non-hydrogen) atoms. The molecule has 2 heterocycles. The number of rotatable bonds is 3. The fourth-order valence-electron chi connectivity index (χ4n) is 2.00. The first-order valence-corrected chi connectivity index (χ1v) is 6.83. The molecular weight excluding hydrogens is 326 g/mol. The molecule has 104 valence electrons. The van der Waals surface area contributed by atoms with Crippen LogP contribution >= 0.6 is 15.9 Å². The lowest BCUT2D eigenvalue weighted by molar-refractivity contribution is 0.0739. The van der Waals surface area contributed by atoms with Crippen LogP contribution in [0.25, 0.3) is 0 Å². The summed E-state index contributed by atoms with van der Waals surface area (Å²) in [7, 11) is 0.